The van der Waals surface area contributed by atoms with Crippen molar-refractivity contribution < 1.29 is 17.9 Å². The van der Waals surface area contributed by atoms with Crippen LogP contribution in [0.5, 0.6) is 0 Å². The van der Waals surface area contributed by atoms with Crippen molar-refractivity contribution in [2.24, 2.45) is 0 Å². The second-order valence-corrected chi connectivity index (χ2v) is 4.16. The lowest BCUT2D eigenvalue weighted by atomic mass is 10.3. The highest BCUT2D eigenvalue weighted by atomic mass is 32.2. The van der Waals surface area contributed by atoms with E-state index >= 15 is 0 Å². The van der Waals surface area contributed by atoms with Crippen molar-refractivity contribution in [1.29, 1.82) is 5.26 Å². The molecule has 0 aliphatic rings. The number of ether oxygens (including phenoxy) is 1. The van der Waals surface area contributed by atoms with Crippen molar-refractivity contribution in [3.8, 4) is 6.07 Å². The number of anilines is 1. The highest BCUT2D eigenvalue weighted by Gasteiger charge is 2.14. The number of carbonyl (C=O) groups excluding carboxylic acids is 1. The standard InChI is InChI=1S/C8H8N4O4S/c1-16-8(13)12-17(14,15)11-7-3-2-6(4-9)5-10-7/h2-3,5H,1H3,(H,10,11)(H,12,13). The molecule has 0 unspecified atom stereocenters. The summed E-state index contributed by atoms with van der Waals surface area (Å²) in [5, 5.41) is 8.51. The number of hydrogen-bond donors (Lipinski definition) is 2. The summed E-state index contributed by atoms with van der Waals surface area (Å²) in [7, 11) is -3.05. The van der Waals surface area contributed by atoms with Gasteiger partial charge in [-0.2, -0.15) is 13.7 Å². The first-order chi connectivity index (χ1) is 7.96. The lowest BCUT2D eigenvalue weighted by Crippen LogP contribution is -2.35. The van der Waals surface area contributed by atoms with Crippen molar-refractivity contribution >= 4 is 22.1 Å². The fraction of sp³-hybridized carbons (Fsp3) is 0.125. The van der Waals surface area contributed by atoms with E-state index < -0.39 is 16.3 Å². The number of nitrogens with one attached hydrogen (secondary N) is 2. The summed E-state index contributed by atoms with van der Waals surface area (Å²) in [4.78, 5) is 14.4. The Kier molecular flexibility index (Phi) is 3.84. The predicted octanol–water partition coefficient (Wildman–Crippen LogP) is -0.0340. The molecule has 0 saturated heterocycles. The Balaban J connectivity index is 2.77. The number of amides is 1. The Hall–Kier alpha value is -2.34. The van der Waals surface area contributed by atoms with E-state index in [1.165, 1.54) is 18.3 Å². The van der Waals surface area contributed by atoms with Gasteiger partial charge in [-0.3, -0.25) is 4.72 Å². The summed E-state index contributed by atoms with van der Waals surface area (Å²) in [6.07, 6.45) is 0.0712. The number of nitriles is 1. The van der Waals surface area contributed by atoms with E-state index in [2.05, 4.69) is 9.72 Å². The highest BCUT2D eigenvalue weighted by molar-refractivity contribution is 7.91. The van der Waals surface area contributed by atoms with E-state index in [9.17, 15) is 13.2 Å². The molecule has 90 valence electrons. The smallest absolute Gasteiger partial charge is 0.422 e. The lowest BCUT2D eigenvalue weighted by molar-refractivity contribution is 0.177. The number of hydrogen-bond acceptors (Lipinski definition) is 6. The third kappa shape index (κ3) is 3.96. The number of methoxy groups -OCH3 is 1. The zero-order chi connectivity index (χ0) is 12.9. The number of nitrogens with zero attached hydrogens (tertiary/aromatic N) is 2. The van der Waals surface area contributed by atoms with Gasteiger partial charge in [0.1, 0.15) is 11.9 Å². The molecule has 1 heterocycles. The third-order valence-corrected chi connectivity index (χ3v) is 2.45. The minimum atomic E-state index is -4.09. The first kappa shape index (κ1) is 12.7. The van der Waals surface area contributed by atoms with Crippen LogP contribution >= 0.6 is 0 Å². The van der Waals surface area contributed by atoms with Gasteiger partial charge in [-0.05, 0) is 12.1 Å². The van der Waals surface area contributed by atoms with E-state index in [1.807, 2.05) is 10.8 Å². The highest BCUT2D eigenvalue weighted by Crippen LogP contribution is 2.05. The first-order valence-electron chi connectivity index (χ1n) is 4.21. The Morgan fingerprint density at radius 2 is 2.24 bits per heavy atom. The third-order valence-electron chi connectivity index (χ3n) is 1.53. The van der Waals surface area contributed by atoms with E-state index in [-0.39, 0.29) is 11.4 Å². The van der Waals surface area contributed by atoms with Gasteiger partial charge in [0.05, 0.1) is 12.7 Å². The minimum Gasteiger partial charge on any atom is -0.452 e. The van der Waals surface area contributed by atoms with Crippen molar-refractivity contribution in [1.82, 2.24) is 9.71 Å². The average Bonchev–Trinajstić information content (AvgIpc) is 2.28. The molecule has 0 saturated carbocycles. The largest absolute Gasteiger partial charge is 0.452 e. The van der Waals surface area contributed by atoms with E-state index in [0.29, 0.717) is 0 Å². The Morgan fingerprint density at radius 1 is 1.53 bits per heavy atom. The lowest BCUT2D eigenvalue weighted by Gasteiger charge is -2.07. The first-order valence-corrected chi connectivity index (χ1v) is 5.70. The minimum absolute atomic E-state index is 0.0274. The van der Waals surface area contributed by atoms with Gasteiger partial charge < -0.3 is 4.74 Å². The molecule has 0 atom stereocenters. The van der Waals surface area contributed by atoms with Crippen molar-refractivity contribution in [3.63, 3.8) is 0 Å². The maximum absolute atomic E-state index is 11.3. The van der Waals surface area contributed by atoms with Gasteiger partial charge in [0.2, 0.25) is 0 Å². The number of carbonyl (C=O) groups is 1. The molecule has 2 N–H and O–H groups in total. The molecule has 1 aromatic rings. The maximum atomic E-state index is 11.3. The second kappa shape index (κ2) is 5.13. The zero-order valence-corrected chi connectivity index (χ0v) is 9.48. The van der Waals surface area contributed by atoms with Crippen LogP contribution in [-0.2, 0) is 14.9 Å². The quantitative estimate of drug-likeness (QED) is 0.783. The molecule has 1 amide bonds. The van der Waals surface area contributed by atoms with Crippen LogP contribution in [0.2, 0.25) is 0 Å². The molecule has 0 spiro atoms. The SMILES string of the molecule is COC(=O)NS(=O)(=O)Nc1ccc(C#N)cn1. The molecule has 17 heavy (non-hydrogen) atoms. The van der Waals surface area contributed by atoms with E-state index in [4.69, 9.17) is 5.26 Å². The summed E-state index contributed by atoms with van der Waals surface area (Å²) in [6.45, 7) is 0. The predicted molar refractivity (Wildman–Crippen MR) is 57.0 cm³/mol. The monoisotopic (exact) mass is 256 g/mol. The van der Waals surface area contributed by atoms with Gasteiger partial charge in [-0.25, -0.2) is 14.5 Å². The van der Waals surface area contributed by atoms with Crippen LogP contribution in [0.1, 0.15) is 5.56 Å². The van der Waals surface area contributed by atoms with Crippen LogP contribution in [0.25, 0.3) is 0 Å². The van der Waals surface area contributed by atoms with Crippen molar-refractivity contribution in [2.75, 3.05) is 11.8 Å². The molecule has 0 aliphatic heterocycles. The molecule has 0 aliphatic carbocycles. The molecule has 8 nitrogen and oxygen atoms in total. The van der Waals surface area contributed by atoms with Gasteiger partial charge in [0.25, 0.3) is 0 Å². The van der Waals surface area contributed by atoms with Gasteiger partial charge in [0.15, 0.2) is 0 Å². The van der Waals surface area contributed by atoms with Crippen LogP contribution in [0.4, 0.5) is 10.6 Å². The normalized spacial score (nSPS) is 10.1. The van der Waals surface area contributed by atoms with Crippen LogP contribution in [0.15, 0.2) is 18.3 Å². The summed E-state index contributed by atoms with van der Waals surface area (Å²) in [5.41, 5.74) is 0.286. The van der Waals surface area contributed by atoms with Crippen LogP contribution < -0.4 is 9.44 Å². The van der Waals surface area contributed by atoms with Gasteiger partial charge in [0, 0.05) is 6.20 Å². The molecule has 0 bridgehead atoms. The fourth-order valence-electron chi connectivity index (χ4n) is 0.835. The Bertz CT molecular complexity index is 546. The van der Waals surface area contributed by atoms with Crippen LogP contribution in [-0.4, -0.2) is 26.6 Å². The molecule has 1 rings (SSSR count). The van der Waals surface area contributed by atoms with Crippen molar-refractivity contribution in [3.05, 3.63) is 23.9 Å². The molecule has 9 heteroatoms. The number of aromatic nitrogens is 1. The van der Waals surface area contributed by atoms with Gasteiger partial charge in [-0.15, -0.1) is 0 Å². The van der Waals surface area contributed by atoms with Crippen LogP contribution in [0, 0.1) is 11.3 Å². The zero-order valence-electron chi connectivity index (χ0n) is 8.67. The maximum Gasteiger partial charge on any atom is 0.422 e. The summed E-state index contributed by atoms with van der Waals surface area (Å²) in [5.74, 6) is -0.0274. The summed E-state index contributed by atoms with van der Waals surface area (Å²) >= 11 is 0. The number of pyridine rings is 1. The Labute approximate surface area is 97.4 Å². The molecular formula is C8H8N4O4S. The molecular weight excluding hydrogens is 248 g/mol. The molecule has 0 fully saturated rings. The molecule has 0 aromatic carbocycles. The second-order valence-electron chi connectivity index (χ2n) is 2.74. The van der Waals surface area contributed by atoms with Gasteiger partial charge in [-0.1, -0.05) is 0 Å². The Morgan fingerprint density at radius 3 is 2.71 bits per heavy atom. The van der Waals surface area contributed by atoms with E-state index in [1.54, 1.807) is 4.72 Å². The molecule has 1 aromatic heterocycles. The van der Waals surface area contributed by atoms with Crippen molar-refractivity contribution in [2.45, 2.75) is 0 Å². The van der Waals surface area contributed by atoms with Crippen LogP contribution in [0.3, 0.4) is 0 Å². The van der Waals surface area contributed by atoms with E-state index in [0.717, 1.165) is 7.11 Å². The molecule has 0 radical (unpaired) electrons. The van der Waals surface area contributed by atoms with Gasteiger partial charge >= 0.3 is 16.3 Å². The topological polar surface area (TPSA) is 121 Å². The fourth-order valence-corrected chi connectivity index (χ4v) is 1.58. The summed E-state index contributed by atoms with van der Waals surface area (Å²) < 4.78 is 30.3. The number of rotatable bonds is 3. The average molecular weight is 256 g/mol. The summed E-state index contributed by atoms with van der Waals surface area (Å²) in [6, 6.07) is 4.49.